The Morgan fingerprint density at radius 3 is 2.67 bits per heavy atom. The fourth-order valence-electron chi connectivity index (χ4n) is 2.50. The number of nitrogens with two attached hydrogens (primary N) is 1. The van der Waals surface area contributed by atoms with Crippen LogP contribution in [0.4, 0.5) is 15.8 Å². The highest BCUT2D eigenvalue weighted by molar-refractivity contribution is 5.68. The standard InChI is InChI=1S/C15H15FN2/c16-12-6-4-11(5-7-12)10-18-9-8-13-14(17)2-1-3-15(13)18/h1-7H,8-10,17H2. The molecule has 18 heavy (non-hydrogen) atoms. The summed E-state index contributed by atoms with van der Waals surface area (Å²) in [7, 11) is 0. The van der Waals surface area contributed by atoms with E-state index < -0.39 is 0 Å². The van der Waals surface area contributed by atoms with Crippen molar-refractivity contribution in [2.24, 2.45) is 0 Å². The maximum Gasteiger partial charge on any atom is 0.123 e. The minimum absolute atomic E-state index is 0.190. The van der Waals surface area contributed by atoms with E-state index in [9.17, 15) is 4.39 Å². The van der Waals surface area contributed by atoms with Gasteiger partial charge in [-0.2, -0.15) is 0 Å². The molecule has 0 amide bonds. The lowest BCUT2D eigenvalue weighted by atomic mass is 10.1. The molecule has 0 bridgehead atoms. The Kier molecular flexibility index (Phi) is 2.67. The third-order valence-corrected chi connectivity index (χ3v) is 3.45. The topological polar surface area (TPSA) is 29.3 Å². The summed E-state index contributed by atoms with van der Waals surface area (Å²) in [5.41, 5.74) is 10.4. The second kappa shape index (κ2) is 4.33. The lowest BCUT2D eigenvalue weighted by Crippen LogP contribution is -2.19. The first-order valence-electron chi connectivity index (χ1n) is 6.11. The zero-order valence-electron chi connectivity index (χ0n) is 10.1. The average Bonchev–Trinajstić information content (AvgIpc) is 2.77. The molecule has 0 spiro atoms. The van der Waals surface area contributed by atoms with Gasteiger partial charge in [-0.15, -0.1) is 0 Å². The van der Waals surface area contributed by atoms with Crippen molar-refractivity contribution in [1.29, 1.82) is 0 Å². The van der Waals surface area contributed by atoms with E-state index in [2.05, 4.69) is 11.0 Å². The van der Waals surface area contributed by atoms with Crippen molar-refractivity contribution in [3.8, 4) is 0 Å². The Labute approximate surface area is 106 Å². The molecule has 0 atom stereocenters. The molecule has 1 aliphatic heterocycles. The largest absolute Gasteiger partial charge is 0.398 e. The quantitative estimate of drug-likeness (QED) is 0.820. The Balaban J connectivity index is 1.85. The third-order valence-electron chi connectivity index (χ3n) is 3.45. The molecule has 0 radical (unpaired) electrons. The molecule has 2 aromatic rings. The molecular weight excluding hydrogens is 227 g/mol. The van der Waals surface area contributed by atoms with Crippen molar-refractivity contribution in [2.45, 2.75) is 13.0 Å². The van der Waals surface area contributed by atoms with Crippen molar-refractivity contribution >= 4 is 11.4 Å². The summed E-state index contributed by atoms with van der Waals surface area (Å²) in [5, 5.41) is 0. The van der Waals surface area contributed by atoms with Gasteiger partial charge in [0.05, 0.1) is 0 Å². The summed E-state index contributed by atoms with van der Waals surface area (Å²) in [6, 6.07) is 12.7. The minimum atomic E-state index is -0.190. The first kappa shape index (κ1) is 11.1. The van der Waals surface area contributed by atoms with Crippen LogP contribution in [-0.4, -0.2) is 6.54 Å². The maximum atomic E-state index is 12.9. The molecule has 1 heterocycles. The highest BCUT2D eigenvalue weighted by Crippen LogP contribution is 2.32. The van der Waals surface area contributed by atoms with Gasteiger partial charge in [0.15, 0.2) is 0 Å². The third kappa shape index (κ3) is 1.92. The molecule has 1 aliphatic rings. The molecule has 2 N–H and O–H groups in total. The number of rotatable bonds is 2. The minimum Gasteiger partial charge on any atom is -0.398 e. The summed E-state index contributed by atoms with van der Waals surface area (Å²) >= 11 is 0. The Morgan fingerprint density at radius 2 is 1.89 bits per heavy atom. The summed E-state index contributed by atoms with van der Waals surface area (Å²) < 4.78 is 12.9. The average molecular weight is 242 g/mol. The number of hydrogen-bond donors (Lipinski definition) is 1. The molecule has 0 saturated heterocycles. The van der Waals surface area contributed by atoms with Crippen LogP contribution in [0.3, 0.4) is 0 Å². The van der Waals surface area contributed by atoms with Crippen LogP contribution in [0.2, 0.25) is 0 Å². The second-order valence-corrected chi connectivity index (χ2v) is 4.64. The van der Waals surface area contributed by atoms with Crippen LogP contribution in [0.5, 0.6) is 0 Å². The summed E-state index contributed by atoms with van der Waals surface area (Å²) in [6.07, 6.45) is 0.989. The lowest BCUT2D eigenvalue weighted by Gasteiger charge is -2.19. The number of halogens is 1. The van der Waals surface area contributed by atoms with Crippen LogP contribution >= 0.6 is 0 Å². The van der Waals surface area contributed by atoms with E-state index in [1.54, 1.807) is 0 Å². The summed E-state index contributed by atoms with van der Waals surface area (Å²) in [5.74, 6) is -0.190. The molecule has 2 aromatic carbocycles. The molecule has 0 unspecified atom stereocenters. The molecule has 0 fully saturated rings. The number of nitrogens with zero attached hydrogens (tertiary/aromatic N) is 1. The van der Waals surface area contributed by atoms with Crippen LogP contribution in [0.15, 0.2) is 42.5 Å². The van der Waals surface area contributed by atoms with E-state index in [0.29, 0.717) is 0 Å². The Hall–Kier alpha value is -2.03. The predicted molar refractivity (Wildman–Crippen MR) is 72.0 cm³/mol. The normalized spacial score (nSPS) is 13.7. The van der Waals surface area contributed by atoms with E-state index in [1.807, 2.05) is 24.3 Å². The van der Waals surface area contributed by atoms with Gasteiger partial charge in [0.25, 0.3) is 0 Å². The van der Waals surface area contributed by atoms with E-state index in [0.717, 1.165) is 30.8 Å². The monoisotopic (exact) mass is 242 g/mol. The van der Waals surface area contributed by atoms with Gasteiger partial charge < -0.3 is 10.6 Å². The van der Waals surface area contributed by atoms with Gasteiger partial charge >= 0.3 is 0 Å². The smallest absolute Gasteiger partial charge is 0.123 e. The van der Waals surface area contributed by atoms with Gasteiger partial charge in [-0.05, 0) is 36.2 Å². The maximum absolute atomic E-state index is 12.9. The van der Waals surface area contributed by atoms with Crippen LogP contribution in [0.1, 0.15) is 11.1 Å². The SMILES string of the molecule is Nc1cccc2c1CCN2Cc1ccc(F)cc1. The second-order valence-electron chi connectivity index (χ2n) is 4.64. The highest BCUT2D eigenvalue weighted by Gasteiger charge is 2.20. The molecule has 3 rings (SSSR count). The molecule has 92 valence electrons. The van der Waals surface area contributed by atoms with Crippen molar-refractivity contribution in [1.82, 2.24) is 0 Å². The van der Waals surface area contributed by atoms with Crippen molar-refractivity contribution in [2.75, 3.05) is 17.2 Å². The number of nitrogen functional groups attached to an aromatic ring is 1. The highest BCUT2D eigenvalue weighted by atomic mass is 19.1. The number of anilines is 2. The fourth-order valence-corrected chi connectivity index (χ4v) is 2.50. The molecule has 3 heteroatoms. The van der Waals surface area contributed by atoms with Crippen molar-refractivity contribution in [3.63, 3.8) is 0 Å². The summed E-state index contributed by atoms with van der Waals surface area (Å²) in [4.78, 5) is 2.29. The van der Waals surface area contributed by atoms with Crippen LogP contribution in [-0.2, 0) is 13.0 Å². The van der Waals surface area contributed by atoms with Gasteiger partial charge in [0, 0.05) is 30.0 Å². The van der Waals surface area contributed by atoms with Gasteiger partial charge in [-0.25, -0.2) is 4.39 Å². The zero-order valence-corrected chi connectivity index (χ0v) is 10.1. The number of hydrogen-bond acceptors (Lipinski definition) is 2. The predicted octanol–water partition coefficient (Wildman–Crippen LogP) is 2.97. The van der Waals surface area contributed by atoms with Crippen LogP contribution < -0.4 is 10.6 Å². The molecule has 0 saturated carbocycles. The van der Waals surface area contributed by atoms with Crippen LogP contribution in [0, 0.1) is 5.82 Å². The first-order valence-corrected chi connectivity index (χ1v) is 6.11. The summed E-state index contributed by atoms with van der Waals surface area (Å²) in [6.45, 7) is 1.78. The van der Waals surface area contributed by atoms with E-state index in [4.69, 9.17) is 5.73 Å². The fraction of sp³-hybridized carbons (Fsp3) is 0.200. The van der Waals surface area contributed by atoms with Gasteiger partial charge in [0.2, 0.25) is 0 Å². The zero-order chi connectivity index (χ0) is 12.5. The van der Waals surface area contributed by atoms with Crippen LogP contribution in [0.25, 0.3) is 0 Å². The molecular formula is C15H15FN2. The molecule has 0 aliphatic carbocycles. The van der Waals surface area contributed by atoms with Gasteiger partial charge in [0.1, 0.15) is 5.82 Å². The van der Waals surface area contributed by atoms with E-state index >= 15 is 0 Å². The van der Waals surface area contributed by atoms with E-state index in [1.165, 1.54) is 23.4 Å². The Morgan fingerprint density at radius 1 is 1.11 bits per heavy atom. The number of fused-ring (bicyclic) bond motifs is 1. The number of benzene rings is 2. The molecule has 0 aromatic heterocycles. The van der Waals surface area contributed by atoms with Crippen molar-refractivity contribution < 1.29 is 4.39 Å². The van der Waals surface area contributed by atoms with E-state index in [-0.39, 0.29) is 5.82 Å². The lowest BCUT2D eigenvalue weighted by molar-refractivity contribution is 0.626. The molecule has 2 nitrogen and oxygen atoms in total. The van der Waals surface area contributed by atoms with Gasteiger partial charge in [-0.3, -0.25) is 0 Å². The van der Waals surface area contributed by atoms with Gasteiger partial charge in [-0.1, -0.05) is 18.2 Å². The Bertz CT molecular complexity index is 563. The van der Waals surface area contributed by atoms with Crippen molar-refractivity contribution in [3.05, 3.63) is 59.4 Å². The first-order chi connectivity index (χ1) is 8.74.